The van der Waals surface area contributed by atoms with Gasteiger partial charge in [-0.05, 0) is 37.4 Å². The summed E-state index contributed by atoms with van der Waals surface area (Å²) >= 11 is 0. The zero-order chi connectivity index (χ0) is 13.1. The standard InChI is InChI=1S/C16H20N2O/c1-17-15(10-12-7-9-19-11-12)14-6-2-4-13-5-3-8-18-16(13)14/h2-6,8,12,15,17H,7,9-11H2,1H3. The van der Waals surface area contributed by atoms with Crippen LogP contribution < -0.4 is 5.32 Å². The molecule has 1 aromatic heterocycles. The molecule has 0 amide bonds. The van der Waals surface area contributed by atoms with E-state index in [1.165, 1.54) is 17.4 Å². The van der Waals surface area contributed by atoms with Crippen molar-refractivity contribution >= 4 is 10.9 Å². The number of hydrogen-bond donors (Lipinski definition) is 1. The van der Waals surface area contributed by atoms with Gasteiger partial charge in [-0.2, -0.15) is 0 Å². The van der Waals surface area contributed by atoms with E-state index in [1.807, 2.05) is 19.3 Å². The van der Waals surface area contributed by atoms with Crippen LogP contribution in [0.5, 0.6) is 0 Å². The minimum Gasteiger partial charge on any atom is -0.381 e. The maximum absolute atomic E-state index is 5.48. The molecule has 1 aromatic carbocycles. The Morgan fingerprint density at radius 3 is 3.05 bits per heavy atom. The fourth-order valence-electron chi connectivity index (χ4n) is 2.91. The lowest BCUT2D eigenvalue weighted by Gasteiger charge is -2.21. The average molecular weight is 256 g/mol. The molecule has 2 unspecified atom stereocenters. The Morgan fingerprint density at radius 1 is 1.37 bits per heavy atom. The molecule has 2 atom stereocenters. The third-order valence-corrected chi connectivity index (χ3v) is 3.98. The molecule has 0 aliphatic carbocycles. The zero-order valence-electron chi connectivity index (χ0n) is 11.3. The van der Waals surface area contributed by atoms with Crippen molar-refractivity contribution in [3.8, 4) is 0 Å². The van der Waals surface area contributed by atoms with Gasteiger partial charge in [-0.15, -0.1) is 0 Å². The number of fused-ring (bicyclic) bond motifs is 1. The maximum atomic E-state index is 5.48. The highest BCUT2D eigenvalue weighted by Crippen LogP contribution is 2.29. The second-order valence-electron chi connectivity index (χ2n) is 5.23. The van der Waals surface area contributed by atoms with Gasteiger partial charge in [0.1, 0.15) is 0 Å². The number of para-hydroxylation sites is 1. The Bertz CT molecular complexity index is 544. The minimum absolute atomic E-state index is 0.352. The van der Waals surface area contributed by atoms with Crippen LogP contribution in [-0.4, -0.2) is 25.2 Å². The molecule has 2 aromatic rings. The lowest BCUT2D eigenvalue weighted by molar-refractivity contribution is 0.182. The molecule has 2 heterocycles. The van der Waals surface area contributed by atoms with Crippen LogP contribution in [0.1, 0.15) is 24.4 Å². The number of rotatable bonds is 4. The van der Waals surface area contributed by atoms with Gasteiger partial charge in [0.2, 0.25) is 0 Å². The number of pyridine rings is 1. The van der Waals surface area contributed by atoms with E-state index in [4.69, 9.17) is 4.74 Å². The predicted octanol–water partition coefficient (Wildman–Crippen LogP) is 2.92. The van der Waals surface area contributed by atoms with E-state index < -0.39 is 0 Å². The Kier molecular flexibility index (Phi) is 3.76. The van der Waals surface area contributed by atoms with Crippen molar-refractivity contribution in [2.75, 3.05) is 20.3 Å². The van der Waals surface area contributed by atoms with Crippen molar-refractivity contribution in [1.29, 1.82) is 0 Å². The van der Waals surface area contributed by atoms with Crippen LogP contribution >= 0.6 is 0 Å². The van der Waals surface area contributed by atoms with E-state index in [0.717, 1.165) is 25.2 Å². The predicted molar refractivity (Wildman–Crippen MR) is 77.1 cm³/mol. The van der Waals surface area contributed by atoms with Crippen LogP contribution in [0.15, 0.2) is 36.5 Å². The number of benzene rings is 1. The first kappa shape index (κ1) is 12.6. The molecule has 1 N–H and O–H groups in total. The van der Waals surface area contributed by atoms with Gasteiger partial charge in [0.25, 0.3) is 0 Å². The summed E-state index contributed by atoms with van der Waals surface area (Å²) in [6.07, 6.45) is 4.17. The summed E-state index contributed by atoms with van der Waals surface area (Å²) in [7, 11) is 2.03. The van der Waals surface area contributed by atoms with Crippen molar-refractivity contribution in [3.05, 3.63) is 42.1 Å². The number of aromatic nitrogens is 1. The number of nitrogens with zero attached hydrogens (tertiary/aromatic N) is 1. The largest absolute Gasteiger partial charge is 0.381 e. The van der Waals surface area contributed by atoms with E-state index in [-0.39, 0.29) is 0 Å². The molecule has 100 valence electrons. The highest BCUT2D eigenvalue weighted by molar-refractivity contribution is 5.81. The molecule has 0 radical (unpaired) electrons. The third kappa shape index (κ3) is 2.62. The number of nitrogens with one attached hydrogen (secondary N) is 1. The first-order valence-electron chi connectivity index (χ1n) is 6.97. The van der Waals surface area contributed by atoms with Gasteiger partial charge in [-0.25, -0.2) is 0 Å². The highest BCUT2D eigenvalue weighted by Gasteiger charge is 2.22. The van der Waals surface area contributed by atoms with E-state index in [0.29, 0.717) is 12.0 Å². The van der Waals surface area contributed by atoms with E-state index in [9.17, 15) is 0 Å². The van der Waals surface area contributed by atoms with E-state index in [2.05, 4.69) is 34.6 Å². The molecule has 0 spiro atoms. The van der Waals surface area contributed by atoms with Crippen molar-refractivity contribution in [2.24, 2.45) is 5.92 Å². The van der Waals surface area contributed by atoms with Crippen LogP contribution in [0, 0.1) is 5.92 Å². The van der Waals surface area contributed by atoms with Crippen LogP contribution in [0.4, 0.5) is 0 Å². The van der Waals surface area contributed by atoms with Gasteiger partial charge in [-0.3, -0.25) is 4.98 Å². The molecular weight excluding hydrogens is 236 g/mol. The molecule has 3 heteroatoms. The summed E-state index contributed by atoms with van der Waals surface area (Å²) in [5.41, 5.74) is 2.41. The quantitative estimate of drug-likeness (QED) is 0.913. The normalized spacial score (nSPS) is 20.8. The van der Waals surface area contributed by atoms with Crippen molar-refractivity contribution < 1.29 is 4.74 Å². The van der Waals surface area contributed by atoms with E-state index in [1.54, 1.807) is 0 Å². The third-order valence-electron chi connectivity index (χ3n) is 3.98. The average Bonchev–Trinajstić information content (AvgIpc) is 2.97. The molecule has 0 saturated carbocycles. The van der Waals surface area contributed by atoms with E-state index >= 15 is 0 Å². The summed E-state index contributed by atoms with van der Waals surface area (Å²) in [6, 6.07) is 10.9. The lowest BCUT2D eigenvalue weighted by atomic mass is 9.93. The fourth-order valence-corrected chi connectivity index (χ4v) is 2.91. The topological polar surface area (TPSA) is 34.1 Å². The van der Waals surface area contributed by atoms with Gasteiger partial charge in [0.15, 0.2) is 0 Å². The summed E-state index contributed by atoms with van der Waals surface area (Å²) in [4.78, 5) is 4.55. The van der Waals surface area contributed by atoms with Crippen molar-refractivity contribution in [3.63, 3.8) is 0 Å². The van der Waals surface area contributed by atoms with Crippen LogP contribution in [0.3, 0.4) is 0 Å². The molecule has 1 fully saturated rings. The number of ether oxygens (including phenoxy) is 1. The lowest BCUT2D eigenvalue weighted by Crippen LogP contribution is -2.20. The molecule has 3 rings (SSSR count). The maximum Gasteiger partial charge on any atom is 0.0749 e. The first-order valence-corrected chi connectivity index (χ1v) is 6.97. The van der Waals surface area contributed by atoms with Crippen LogP contribution in [-0.2, 0) is 4.74 Å². The molecule has 0 bridgehead atoms. The molecule has 1 saturated heterocycles. The Labute approximate surface area is 114 Å². The zero-order valence-corrected chi connectivity index (χ0v) is 11.3. The SMILES string of the molecule is CNC(CC1CCOC1)c1cccc2cccnc12. The first-order chi connectivity index (χ1) is 9.38. The summed E-state index contributed by atoms with van der Waals surface area (Å²) in [5, 5.41) is 4.65. The number of hydrogen-bond acceptors (Lipinski definition) is 3. The molecule has 1 aliphatic rings. The molecule has 19 heavy (non-hydrogen) atoms. The molecule has 3 nitrogen and oxygen atoms in total. The Hall–Kier alpha value is -1.45. The minimum atomic E-state index is 0.352. The summed E-state index contributed by atoms with van der Waals surface area (Å²) in [6.45, 7) is 1.81. The monoisotopic (exact) mass is 256 g/mol. The van der Waals surface area contributed by atoms with Crippen LogP contribution in [0.25, 0.3) is 10.9 Å². The molecule has 1 aliphatic heterocycles. The smallest absolute Gasteiger partial charge is 0.0749 e. The van der Waals surface area contributed by atoms with Gasteiger partial charge < -0.3 is 10.1 Å². The van der Waals surface area contributed by atoms with Gasteiger partial charge in [-0.1, -0.05) is 24.3 Å². The van der Waals surface area contributed by atoms with Crippen molar-refractivity contribution in [1.82, 2.24) is 10.3 Å². The second kappa shape index (κ2) is 5.68. The van der Waals surface area contributed by atoms with Crippen molar-refractivity contribution in [2.45, 2.75) is 18.9 Å². The Balaban J connectivity index is 1.91. The molecular formula is C16H20N2O. The second-order valence-corrected chi connectivity index (χ2v) is 5.23. The van der Waals surface area contributed by atoms with Gasteiger partial charge >= 0.3 is 0 Å². The van der Waals surface area contributed by atoms with Gasteiger partial charge in [0, 0.05) is 30.8 Å². The highest BCUT2D eigenvalue weighted by atomic mass is 16.5. The summed E-state index contributed by atoms with van der Waals surface area (Å²) in [5.74, 6) is 0.663. The van der Waals surface area contributed by atoms with Gasteiger partial charge in [0.05, 0.1) is 5.52 Å². The Morgan fingerprint density at radius 2 is 2.26 bits per heavy atom. The fraction of sp³-hybridized carbons (Fsp3) is 0.438. The summed E-state index contributed by atoms with van der Waals surface area (Å²) < 4.78 is 5.48. The van der Waals surface area contributed by atoms with Crippen LogP contribution in [0.2, 0.25) is 0 Å².